The number of carboxylic acid groups (broad SMARTS) is 1. The van der Waals surface area contributed by atoms with Gasteiger partial charge in [0.05, 0.1) is 0 Å². The number of nitrogens with zero attached hydrogens (tertiary/aromatic N) is 1. The molecule has 1 saturated carbocycles. The molecule has 1 atom stereocenters. The van der Waals surface area contributed by atoms with Crippen molar-refractivity contribution in [2.24, 2.45) is 0 Å². The number of carbonyl (C=O) groups excluding carboxylic acids is 1. The molecule has 110 valence electrons. The number of rotatable bonds is 7. The van der Waals surface area contributed by atoms with Crippen molar-refractivity contribution in [2.75, 3.05) is 6.54 Å². The molecule has 2 N–H and O–H groups in total. The highest BCUT2D eigenvalue weighted by Gasteiger charge is 2.28. The fraction of sp³-hybridized carbons (Fsp3) is 0.857. The number of unbranched alkanes of at least 4 members (excludes halogenated alkanes) is 1. The van der Waals surface area contributed by atoms with Gasteiger partial charge in [-0.2, -0.15) is 0 Å². The second-order valence-corrected chi connectivity index (χ2v) is 5.21. The molecular weight excluding hydrogens is 244 g/mol. The lowest BCUT2D eigenvalue weighted by molar-refractivity contribution is -0.139. The summed E-state index contributed by atoms with van der Waals surface area (Å²) in [6, 6.07) is -0.702. The van der Waals surface area contributed by atoms with Gasteiger partial charge >= 0.3 is 12.0 Å². The second-order valence-electron chi connectivity index (χ2n) is 5.21. The van der Waals surface area contributed by atoms with E-state index in [0.717, 1.165) is 38.5 Å². The first-order valence-electron chi connectivity index (χ1n) is 7.40. The van der Waals surface area contributed by atoms with Crippen LogP contribution >= 0.6 is 0 Å². The largest absolute Gasteiger partial charge is 0.480 e. The summed E-state index contributed by atoms with van der Waals surface area (Å²) < 4.78 is 0. The highest BCUT2D eigenvalue weighted by atomic mass is 16.4. The molecule has 1 aliphatic rings. The van der Waals surface area contributed by atoms with Gasteiger partial charge in [-0.15, -0.1) is 0 Å². The summed E-state index contributed by atoms with van der Waals surface area (Å²) >= 11 is 0. The minimum Gasteiger partial charge on any atom is -0.480 e. The van der Waals surface area contributed by atoms with Gasteiger partial charge in [0.15, 0.2) is 0 Å². The van der Waals surface area contributed by atoms with E-state index in [1.54, 1.807) is 4.90 Å². The molecule has 0 bridgehead atoms. The molecule has 1 aliphatic carbocycles. The van der Waals surface area contributed by atoms with Crippen molar-refractivity contribution in [3.63, 3.8) is 0 Å². The Bertz CT molecular complexity index is 301. The van der Waals surface area contributed by atoms with E-state index in [-0.39, 0.29) is 12.1 Å². The summed E-state index contributed by atoms with van der Waals surface area (Å²) in [5, 5.41) is 11.8. The second kappa shape index (κ2) is 8.02. The highest BCUT2D eigenvalue weighted by molar-refractivity contribution is 5.82. The Balaban J connectivity index is 2.55. The summed E-state index contributed by atoms with van der Waals surface area (Å²) in [4.78, 5) is 25.1. The Morgan fingerprint density at radius 3 is 2.42 bits per heavy atom. The zero-order chi connectivity index (χ0) is 14.3. The van der Waals surface area contributed by atoms with Crippen LogP contribution in [0.2, 0.25) is 0 Å². The van der Waals surface area contributed by atoms with Crippen LogP contribution in [0.3, 0.4) is 0 Å². The molecule has 1 fully saturated rings. The van der Waals surface area contributed by atoms with Crippen molar-refractivity contribution in [3.05, 3.63) is 0 Å². The Morgan fingerprint density at radius 1 is 1.32 bits per heavy atom. The van der Waals surface area contributed by atoms with Crippen molar-refractivity contribution in [1.29, 1.82) is 0 Å². The number of aliphatic carboxylic acids is 1. The van der Waals surface area contributed by atoms with Gasteiger partial charge in [0.25, 0.3) is 0 Å². The van der Waals surface area contributed by atoms with Gasteiger partial charge in [-0.05, 0) is 26.2 Å². The van der Waals surface area contributed by atoms with Crippen LogP contribution in [-0.4, -0.2) is 40.6 Å². The van der Waals surface area contributed by atoms with Crippen LogP contribution in [0.15, 0.2) is 0 Å². The average molecular weight is 270 g/mol. The van der Waals surface area contributed by atoms with Gasteiger partial charge in [0.1, 0.15) is 6.04 Å². The van der Waals surface area contributed by atoms with Gasteiger partial charge in [-0.25, -0.2) is 9.59 Å². The number of carboxylic acids is 1. The standard InChI is InChI=1S/C14H26N2O3/c1-3-5-10-12(13(17)18)15-14(19)16(4-2)11-8-6-7-9-11/h11-12H,3-10H2,1-2H3,(H,15,19)(H,17,18). The lowest BCUT2D eigenvalue weighted by atomic mass is 10.1. The Labute approximate surface area is 115 Å². The van der Waals surface area contributed by atoms with Gasteiger partial charge < -0.3 is 15.3 Å². The molecule has 0 radical (unpaired) electrons. The van der Waals surface area contributed by atoms with E-state index >= 15 is 0 Å². The van der Waals surface area contributed by atoms with Gasteiger partial charge in [0, 0.05) is 12.6 Å². The lowest BCUT2D eigenvalue weighted by Gasteiger charge is -2.29. The van der Waals surface area contributed by atoms with Crippen LogP contribution in [0.4, 0.5) is 4.79 Å². The molecule has 2 amide bonds. The van der Waals surface area contributed by atoms with Gasteiger partial charge in [-0.1, -0.05) is 32.6 Å². The molecule has 0 heterocycles. The third-order valence-corrected chi connectivity index (χ3v) is 3.81. The number of urea groups is 1. The normalized spacial score (nSPS) is 17.2. The molecule has 0 spiro atoms. The Kier molecular flexibility index (Phi) is 6.67. The Morgan fingerprint density at radius 2 is 1.95 bits per heavy atom. The third kappa shape index (κ3) is 4.73. The molecule has 19 heavy (non-hydrogen) atoms. The van der Waals surface area contributed by atoms with Crippen LogP contribution < -0.4 is 5.32 Å². The van der Waals surface area contributed by atoms with E-state index < -0.39 is 12.0 Å². The smallest absolute Gasteiger partial charge is 0.326 e. The zero-order valence-corrected chi connectivity index (χ0v) is 12.0. The van der Waals surface area contributed by atoms with Crippen LogP contribution in [0.1, 0.15) is 58.8 Å². The van der Waals surface area contributed by atoms with E-state index in [2.05, 4.69) is 5.32 Å². The summed E-state index contributed by atoms with van der Waals surface area (Å²) in [6.45, 7) is 4.59. The summed E-state index contributed by atoms with van der Waals surface area (Å²) in [5.74, 6) is -0.940. The molecule has 0 saturated heterocycles. The average Bonchev–Trinajstić information content (AvgIpc) is 2.88. The lowest BCUT2D eigenvalue weighted by Crippen LogP contribution is -2.50. The molecule has 1 rings (SSSR count). The maximum Gasteiger partial charge on any atom is 0.326 e. The van der Waals surface area contributed by atoms with E-state index in [1.165, 1.54) is 0 Å². The maximum absolute atomic E-state index is 12.2. The fourth-order valence-electron chi connectivity index (χ4n) is 2.68. The quantitative estimate of drug-likeness (QED) is 0.747. The van der Waals surface area contributed by atoms with Crippen molar-refractivity contribution >= 4 is 12.0 Å². The highest BCUT2D eigenvalue weighted by Crippen LogP contribution is 2.23. The molecule has 0 aromatic rings. The number of hydrogen-bond acceptors (Lipinski definition) is 2. The molecule has 1 unspecified atom stereocenters. The Hall–Kier alpha value is -1.26. The van der Waals surface area contributed by atoms with E-state index in [9.17, 15) is 9.59 Å². The first kappa shape index (κ1) is 15.8. The van der Waals surface area contributed by atoms with Crippen LogP contribution in [-0.2, 0) is 4.79 Å². The van der Waals surface area contributed by atoms with Crippen LogP contribution in [0.25, 0.3) is 0 Å². The zero-order valence-electron chi connectivity index (χ0n) is 12.0. The third-order valence-electron chi connectivity index (χ3n) is 3.81. The fourth-order valence-corrected chi connectivity index (χ4v) is 2.68. The number of hydrogen-bond donors (Lipinski definition) is 2. The minimum atomic E-state index is -0.940. The van der Waals surface area contributed by atoms with Crippen LogP contribution in [0.5, 0.6) is 0 Å². The predicted molar refractivity (Wildman–Crippen MR) is 74.1 cm³/mol. The number of nitrogens with one attached hydrogen (secondary N) is 1. The monoisotopic (exact) mass is 270 g/mol. The molecular formula is C14H26N2O3. The summed E-state index contributed by atoms with van der Waals surface area (Å²) in [6.07, 6.45) is 6.63. The molecule has 0 aromatic heterocycles. The van der Waals surface area contributed by atoms with Gasteiger partial charge in [-0.3, -0.25) is 0 Å². The summed E-state index contributed by atoms with van der Waals surface area (Å²) in [7, 11) is 0. The first-order chi connectivity index (χ1) is 9.10. The molecule has 0 aromatic carbocycles. The number of amides is 2. The predicted octanol–water partition coefficient (Wildman–Crippen LogP) is 2.60. The number of carbonyl (C=O) groups is 2. The van der Waals surface area contributed by atoms with Crippen LogP contribution in [0, 0.1) is 0 Å². The van der Waals surface area contributed by atoms with E-state index in [1.807, 2.05) is 13.8 Å². The van der Waals surface area contributed by atoms with E-state index in [0.29, 0.717) is 13.0 Å². The first-order valence-corrected chi connectivity index (χ1v) is 7.40. The maximum atomic E-state index is 12.2. The van der Waals surface area contributed by atoms with Crippen molar-refractivity contribution in [2.45, 2.75) is 70.9 Å². The van der Waals surface area contributed by atoms with Crippen molar-refractivity contribution in [3.8, 4) is 0 Å². The minimum absolute atomic E-state index is 0.224. The molecule has 0 aliphatic heterocycles. The molecule has 5 nitrogen and oxygen atoms in total. The van der Waals surface area contributed by atoms with Gasteiger partial charge in [0.2, 0.25) is 0 Å². The SMILES string of the molecule is CCCCC(NC(=O)N(CC)C1CCCC1)C(=O)O. The topological polar surface area (TPSA) is 69.6 Å². The van der Waals surface area contributed by atoms with Crippen molar-refractivity contribution in [1.82, 2.24) is 10.2 Å². The van der Waals surface area contributed by atoms with Crippen molar-refractivity contribution < 1.29 is 14.7 Å². The van der Waals surface area contributed by atoms with E-state index in [4.69, 9.17) is 5.11 Å². The molecule has 5 heteroatoms. The summed E-state index contributed by atoms with van der Waals surface area (Å²) in [5.41, 5.74) is 0.